The van der Waals surface area contributed by atoms with Crippen molar-refractivity contribution >= 4 is 28.5 Å². The van der Waals surface area contributed by atoms with Crippen molar-refractivity contribution in [3.8, 4) is 0 Å². The van der Waals surface area contributed by atoms with Crippen LogP contribution in [0.25, 0.3) is 0 Å². The molecule has 4 N–H and O–H groups in total. The lowest BCUT2D eigenvalue weighted by Gasteiger charge is -2.02. The van der Waals surface area contributed by atoms with E-state index in [0.717, 1.165) is 4.90 Å². The molecule has 2 aromatic carbocycles. The summed E-state index contributed by atoms with van der Waals surface area (Å²) in [7, 11) is 0. The number of thioether (sulfide) groups is 1. The molecule has 0 bridgehead atoms. The van der Waals surface area contributed by atoms with Gasteiger partial charge in [-0.25, -0.2) is 4.99 Å². The van der Waals surface area contributed by atoms with Crippen LogP contribution >= 0.6 is 11.8 Å². The Bertz CT molecular complexity index is 629. The molecule has 0 unspecified atom stereocenters. The van der Waals surface area contributed by atoms with Crippen LogP contribution in [0.3, 0.4) is 0 Å². The average Bonchev–Trinajstić information content (AvgIpc) is 2.41. The molecule has 20 heavy (non-hydrogen) atoms. The summed E-state index contributed by atoms with van der Waals surface area (Å²) in [4.78, 5) is 16.9. The molecule has 0 aliphatic heterocycles. The number of aliphatic imine (C=N–C) groups is 1. The van der Waals surface area contributed by atoms with Gasteiger partial charge >= 0.3 is 0 Å². The number of nitrogens with zero attached hydrogens (tertiary/aromatic N) is 1. The van der Waals surface area contributed by atoms with Gasteiger partial charge in [0.1, 0.15) is 0 Å². The molecule has 0 atom stereocenters. The van der Waals surface area contributed by atoms with Gasteiger partial charge < -0.3 is 11.5 Å². The van der Waals surface area contributed by atoms with Gasteiger partial charge in [0.05, 0.1) is 5.69 Å². The van der Waals surface area contributed by atoms with E-state index in [2.05, 4.69) is 4.99 Å². The monoisotopic (exact) mass is 285 g/mol. The predicted octanol–water partition coefficient (Wildman–Crippen LogP) is 2.83. The number of carbonyl (C=O) groups excluding carboxylic acids is 1. The molecule has 0 aromatic heterocycles. The van der Waals surface area contributed by atoms with Crippen LogP contribution in [-0.2, 0) is 0 Å². The van der Waals surface area contributed by atoms with E-state index < -0.39 is 0 Å². The van der Waals surface area contributed by atoms with E-state index in [9.17, 15) is 4.79 Å². The first kappa shape index (κ1) is 14.1. The van der Waals surface area contributed by atoms with Gasteiger partial charge in [-0.05, 0) is 55.1 Å². The highest BCUT2D eigenvalue weighted by Gasteiger charge is 2.07. The normalized spacial score (nSPS) is 10.1. The lowest BCUT2D eigenvalue weighted by Crippen LogP contribution is -2.21. The SMILES string of the molecule is Cc1ccc(SC(=O)c2ccc(N=C(N)N)cc2)cc1. The zero-order valence-corrected chi connectivity index (χ0v) is 11.9. The highest BCUT2D eigenvalue weighted by molar-refractivity contribution is 8.14. The Morgan fingerprint density at radius 2 is 1.60 bits per heavy atom. The number of hydrogen-bond donors (Lipinski definition) is 2. The number of carbonyl (C=O) groups is 1. The van der Waals surface area contributed by atoms with Crippen LogP contribution in [0.4, 0.5) is 5.69 Å². The summed E-state index contributed by atoms with van der Waals surface area (Å²) < 4.78 is 0. The van der Waals surface area contributed by atoms with Gasteiger partial charge in [-0.2, -0.15) is 0 Å². The van der Waals surface area contributed by atoms with Crippen LogP contribution in [0.1, 0.15) is 15.9 Å². The van der Waals surface area contributed by atoms with Crippen molar-refractivity contribution in [3.05, 3.63) is 59.7 Å². The van der Waals surface area contributed by atoms with E-state index in [1.807, 2.05) is 31.2 Å². The maximum atomic E-state index is 12.1. The van der Waals surface area contributed by atoms with Crippen molar-refractivity contribution in [1.82, 2.24) is 0 Å². The molecule has 2 rings (SSSR count). The Kier molecular flexibility index (Phi) is 4.42. The number of guanidine groups is 1. The summed E-state index contributed by atoms with van der Waals surface area (Å²) in [5, 5.41) is -0.00916. The molecule has 0 fully saturated rings. The van der Waals surface area contributed by atoms with Crippen LogP contribution in [0.2, 0.25) is 0 Å². The molecular formula is C15H15N3OS. The zero-order chi connectivity index (χ0) is 14.5. The van der Waals surface area contributed by atoms with E-state index in [0.29, 0.717) is 11.3 Å². The van der Waals surface area contributed by atoms with Crippen molar-refractivity contribution in [2.45, 2.75) is 11.8 Å². The van der Waals surface area contributed by atoms with Crippen molar-refractivity contribution in [2.75, 3.05) is 0 Å². The molecule has 2 aromatic rings. The second-order valence-electron chi connectivity index (χ2n) is 4.29. The molecule has 102 valence electrons. The lowest BCUT2D eigenvalue weighted by molar-refractivity contribution is 0.108. The molecule has 0 aliphatic rings. The summed E-state index contributed by atoms with van der Waals surface area (Å²) >= 11 is 1.20. The third-order valence-corrected chi connectivity index (χ3v) is 3.52. The van der Waals surface area contributed by atoms with Crippen molar-refractivity contribution < 1.29 is 4.79 Å². The summed E-state index contributed by atoms with van der Waals surface area (Å²) in [6, 6.07) is 14.7. The fourth-order valence-electron chi connectivity index (χ4n) is 1.59. The van der Waals surface area contributed by atoms with Crippen LogP contribution in [-0.4, -0.2) is 11.1 Å². The minimum absolute atomic E-state index is 0.00175. The van der Waals surface area contributed by atoms with Gasteiger partial charge in [-0.15, -0.1) is 0 Å². The fraction of sp³-hybridized carbons (Fsp3) is 0.0667. The minimum Gasteiger partial charge on any atom is -0.370 e. The first-order valence-corrected chi connectivity index (χ1v) is 6.85. The highest BCUT2D eigenvalue weighted by atomic mass is 32.2. The van der Waals surface area contributed by atoms with Gasteiger partial charge in [0.2, 0.25) is 5.12 Å². The van der Waals surface area contributed by atoms with Crippen molar-refractivity contribution in [1.29, 1.82) is 0 Å². The molecule has 0 heterocycles. The van der Waals surface area contributed by atoms with Crippen molar-refractivity contribution in [3.63, 3.8) is 0 Å². The molecule has 4 nitrogen and oxygen atoms in total. The molecule has 5 heteroatoms. The Balaban J connectivity index is 2.09. The summed E-state index contributed by atoms with van der Waals surface area (Å²) in [6.45, 7) is 2.01. The predicted molar refractivity (Wildman–Crippen MR) is 83.3 cm³/mol. The average molecular weight is 285 g/mol. The maximum absolute atomic E-state index is 12.1. The Hall–Kier alpha value is -2.27. The standard InChI is InChI=1S/C15H15N3OS/c1-10-2-8-13(9-3-10)20-14(19)11-4-6-12(7-5-11)18-15(16)17/h2-9H,1H3,(H4,16,17,18). The smallest absolute Gasteiger partial charge is 0.224 e. The largest absolute Gasteiger partial charge is 0.370 e. The van der Waals surface area contributed by atoms with Gasteiger partial charge in [0.25, 0.3) is 0 Å². The number of hydrogen-bond acceptors (Lipinski definition) is 3. The third kappa shape index (κ3) is 3.86. The van der Waals surface area contributed by atoms with E-state index in [-0.39, 0.29) is 11.1 Å². The van der Waals surface area contributed by atoms with Crippen LogP contribution in [0.15, 0.2) is 58.4 Å². The maximum Gasteiger partial charge on any atom is 0.224 e. The fourth-order valence-corrected chi connectivity index (χ4v) is 2.33. The van der Waals surface area contributed by atoms with E-state index in [4.69, 9.17) is 11.5 Å². The van der Waals surface area contributed by atoms with Gasteiger partial charge in [-0.1, -0.05) is 17.7 Å². The first-order valence-electron chi connectivity index (χ1n) is 6.03. The summed E-state index contributed by atoms with van der Waals surface area (Å²) in [6.07, 6.45) is 0. The Morgan fingerprint density at radius 3 is 2.15 bits per heavy atom. The number of rotatable bonds is 3. The second-order valence-corrected chi connectivity index (χ2v) is 5.33. The topological polar surface area (TPSA) is 81.5 Å². The quantitative estimate of drug-likeness (QED) is 0.516. The minimum atomic E-state index is -0.00916. The van der Waals surface area contributed by atoms with Gasteiger partial charge in [-0.3, -0.25) is 4.79 Å². The van der Waals surface area contributed by atoms with Gasteiger partial charge in [0, 0.05) is 10.5 Å². The lowest BCUT2D eigenvalue weighted by atomic mass is 10.2. The summed E-state index contributed by atoms with van der Waals surface area (Å²) in [5.41, 5.74) is 13.0. The third-order valence-electron chi connectivity index (χ3n) is 2.59. The molecule has 0 aliphatic carbocycles. The Morgan fingerprint density at radius 1 is 1.00 bits per heavy atom. The first-order chi connectivity index (χ1) is 9.54. The zero-order valence-electron chi connectivity index (χ0n) is 11.0. The second kappa shape index (κ2) is 6.25. The van der Waals surface area contributed by atoms with Crippen LogP contribution in [0.5, 0.6) is 0 Å². The molecule has 0 spiro atoms. The summed E-state index contributed by atoms with van der Waals surface area (Å²) in [5.74, 6) is -0.00175. The van der Waals surface area contributed by atoms with Gasteiger partial charge in [0.15, 0.2) is 5.96 Å². The number of nitrogens with two attached hydrogens (primary N) is 2. The van der Waals surface area contributed by atoms with Crippen LogP contribution < -0.4 is 11.5 Å². The molecule has 0 radical (unpaired) electrons. The molecular weight excluding hydrogens is 270 g/mol. The van der Waals surface area contributed by atoms with E-state index >= 15 is 0 Å². The Labute approximate surface area is 121 Å². The van der Waals surface area contributed by atoms with Crippen LogP contribution in [0, 0.1) is 6.92 Å². The van der Waals surface area contributed by atoms with Crippen molar-refractivity contribution in [2.24, 2.45) is 16.5 Å². The number of aryl methyl sites for hydroxylation is 1. The van der Waals surface area contributed by atoms with E-state index in [1.54, 1.807) is 24.3 Å². The highest BCUT2D eigenvalue weighted by Crippen LogP contribution is 2.24. The number of benzene rings is 2. The molecule has 0 saturated carbocycles. The van der Waals surface area contributed by atoms with E-state index in [1.165, 1.54) is 17.3 Å². The molecule has 0 saturated heterocycles. The molecule has 0 amide bonds.